The van der Waals surface area contributed by atoms with Crippen molar-refractivity contribution in [2.45, 2.75) is 20.4 Å². The Morgan fingerprint density at radius 3 is 2.93 bits per heavy atom. The zero-order chi connectivity index (χ0) is 10.8. The maximum Gasteiger partial charge on any atom is 0.217 e. The normalized spacial score (nSPS) is 10.5. The third-order valence-corrected chi connectivity index (χ3v) is 2.07. The smallest absolute Gasteiger partial charge is 0.217 e. The summed E-state index contributed by atoms with van der Waals surface area (Å²) in [4.78, 5) is 15.8. The summed E-state index contributed by atoms with van der Waals surface area (Å²) >= 11 is 0. The predicted octanol–water partition coefficient (Wildman–Crippen LogP) is 1.43. The monoisotopic (exact) mass is 205 g/mol. The lowest BCUT2D eigenvalue weighted by molar-refractivity contribution is 0.103. The van der Waals surface area contributed by atoms with E-state index in [9.17, 15) is 4.79 Å². The van der Waals surface area contributed by atoms with Crippen LogP contribution in [0.5, 0.6) is 0 Å². The minimum absolute atomic E-state index is 0.161. The van der Waals surface area contributed by atoms with Crippen LogP contribution in [0.3, 0.4) is 0 Å². The largest absolute Gasteiger partial charge is 0.449 e. The summed E-state index contributed by atoms with van der Waals surface area (Å²) in [5, 5.41) is 4.03. The van der Waals surface area contributed by atoms with Gasteiger partial charge in [0.15, 0.2) is 5.89 Å². The van der Waals surface area contributed by atoms with Gasteiger partial charge in [-0.05, 0) is 6.92 Å². The molecule has 5 heteroatoms. The molecule has 2 heterocycles. The minimum Gasteiger partial charge on any atom is -0.449 e. The molecule has 15 heavy (non-hydrogen) atoms. The number of hydrogen-bond acceptors (Lipinski definition) is 4. The fourth-order valence-corrected chi connectivity index (χ4v) is 1.27. The zero-order valence-corrected chi connectivity index (χ0v) is 8.60. The Balaban J connectivity index is 2.28. The molecule has 0 atom stereocenters. The van der Waals surface area contributed by atoms with E-state index in [1.807, 2.05) is 6.92 Å². The number of ketones is 1. The molecule has 2 rings (SSSR count). The molecule has 0 radical (unpaired) electrons. The Hall–Kier alpha value is -1.91. The average Bonchev–Trinajstić information content (AvgIpc) is 2.84. The van der Waals surface area contributed by atoms with Crippen LogP contribution >= 0.6 is 0 Å². The van der Waals surface area contributed by atoms with E-state index in [4.69, 9.17) is 4.42 Å². The maximum atomic E-state index is 11.8. The number of aromatic nitrogens is 3. The van der Waals surface area contributed by atoms with E-state index in [1.54, 1.807) is 17.8 Å². The van der Waals surface area contributed by atoms with Gasteiger partial charge in [-0.2, -0.15) is 5.10 Å². The number of nitrogens with zero attached hydrogens (tertiary/aromatic N) is 3. The molecule has 5 nitrogen and oxygen atoms in total. The lowest BCUT2D eigenvalue weighted by Gasteiger charge is -1.91. The summed E-state index contributed by atoms with van der Waals surface area (Å²) in [6.07, 6.45) is 4.60. The van der Waals surface area contributed by atoms with Crippen molar-refractivity contribution in [2.24, 2.45) is 0 Å². The van der Waals surface area contributed by atoms with Crippen molar-refractivity contribution in [1.82, 2.24) is 14.8 Å². The first-order valence-electron chi connectivity index (χ1n) is 4.70. The highest BCUT2D eigenvalue weighted by atomic mass is 16.3. The van der Waals surface area contributed by atoms with Crippen molar-refractivity contribution in [3.8, 4) is 0 Å². The molecule has 0 bridgehead atoms. The topological polar surface area (TPSA) is 60.9 Å². The number of rotatable bonds is 3. The lowest BCUT2D eigenvalue weighted by Crippen LogP contribution is -2.00. The van der Waals surface area contributed by atoms with E-state index in [2.05, 4.69) is 10.1 Å². The van der Waals surface area contributed by atoms with Crippen LogP contribution in [0, 0.1) is 6.92 Å². The fraction of sp³-hybridized carbons (Fsp3) is 0.300. The Kier molecular flexibility index (Phi) is 2.37. The van der Waals surface area contributed by atoms with E-state index in [1.165, 1.54) is 12.5 Å². The third kappa shape index (κ3) is 1.81. The molecular formula is C10H11N3O2. The van der Waals surface area contributed by atoms with E-state index < -0.39 is 0 Å². The van der Waals surface area contributed by atoms with Crippen molar-refractivity contribution < 1.29 is 9.21 Å². The van der Waals surface area contributed by atoms with E-state index in [0.717, 1.165) is 6.54 Å². The first-order chi connectivity index (χ1) is 7.20. The second-order valence-electron chi connectivity index (χ2n) is 3.17. The first kappa shape index (κ1) is 9.64. The first-order valence-corrected chi connectivity index (χ1v) is 4.70. The van der Waals surface area contributed by atoms with E-state index >= 15 is 0 Å². The van der Waals surface area contributed by atoms with Crippen LogP contribution in [0.15, 0.2) is 23.1 Å². The van der Waals surface area contributed by atoms with Gasteiger partial charge >= 0.3 is 0 Å². The van der Waals surface area contributed by atoms with Crippen LogP contribution in [0.2, 0.25) is 0 Å². The van der Waals surface area contributed by atoms with Gasteiger partial charge in [0.2, 0.25) is 5.78 Å². The zero-order valence-electron chi connectivity index (χ0n) is 8.60. The quantitative estimate of drug-likeness (QED) is 0.711. The molecule has 78 valence electrons. The highest BCUT2D eigenvalue weighted by molar-refractivity contribution is 6.07. The predicted molar refractivity (Wildman–Crippen MR) is 52.6 cm³/mol. The molecule has 0 aliphatic carbocycles. The molecule has 2 aromatic heterocycles. The SMILES string of the molecule is CCn1cc(C(=O)c2coc(C)n2)cn1. The Morgan fingerprint density at radius 1 is 1.60 bits per heavy atom. The maximum absolute atomic E-state index is 11.8. The molecule has 0 N–H and O–H groups in total. The van der Waals surface area contributed by atoms with Gasteiger partial charge in [-0.25, -0.2) is 4.98 Å². The molecule has 0 saturated carbocycles. The third-order valence-electron chi connectivity index (χ3n) is 2.07. The lowest BCUT2D eigenvalue weighted by atomic mass is 10.2. The van der Waals surface area contributed by atoms with Gasteiger partial charge in [-0.1, -0.05) is 0 Å². The highest BCUT2D eigenvalue weighted by Gasteiger charge is 2.14. The molecule has 0 saturated heterocycles. The second kappa shape index (κ2) is 3.68. The molecule has 0 aliphatic heterocycles. The standard InChI is InChI=1S/C10H11N3O2/c1-3-13-5-8(4-11-13)10(14)9-6-15-7(2)12-9/h4-6H,3H2,1-2H3. The minimum atomic E-state index is -0.161. The number of aryl methyl sites for hydroxylation is 2. The summed E-state index contributed by atoms with van der Waals surface area (Å²) < 4.78 is 6.68. The van der Waals surface area contributed by atoms with Crippen LogP contribution < -0.4 is 0 Å². The van der Waals surface area contributed by atoms with Gasteiger partial charge < -0.3 is 4.42 Å². The number of hydrogen-bond donors (Lipinski definition) is 0. The number of oxazole rings is 1. The molecule has 0 aliphatic rings. The summed E-state index contributed by atoms with van der Waals surface area (Å²) in [6.45, 7) is 4.40. The van der Waals surface area contributed by atoms with Gasteiger partial charge in [-0.3, -0.25) is 9.48 Å². The van der Waals surface area contributed by atoms with Crippen LogP contribution in [-0.2, 0) is 6.54 Å². The molecule has 0 amide bonds. The van der Waals surface area contributed by atoms with Gasteiger partial charge in [-0.15, -0.1) is 0 Å². The van der Waals surface area contributed by atoms with E-state index in [-0.39, 0.29) is 5.78 Å². The Bertz CT molecular complexity index is 484. The summed E-state index contributed by atoms with van der Waals surface area (Å²) in [6, 6.07) is 0. The van der Waals surface area contributed by atoms with Crippen molar-refractivity contribution in [3.63, 3.8) is 0 Å². The molecule has 0 spiro atoms. The Morgan fingerprint density at radius 2 is 2.40 bits per heavy atom. The van der Waals surface area contributed by atoms with Gasteiger partial charge in [0.05, 0.1) is 11.8 Å². The van der Waals surface area contributed by atoms with E-state index in [0.29, 0.717) is 17.1 Å². The van der Waals surface area contributed by atoms with Crippen molar-refractivity contribution >= 4 is 5.78 Å². The second-order valence-corrected chi connectivity index (χ2v) is 3.17. The number of carbonyl (C=O) groups is 1. The van der Waals surface area contributed by atoms with Crippen LogP contribution in [0.25, 0.3) is 0 Å². The average molecular weight is 205 g/mol. The van der Waals surface area contributed by atoms with Gasteiger partial charge in [0.25, 0.3) is 0 Å². The van der Waals surface area contributed by atoms with Crippen molar-refractivity contribution in [2.75, 3.05) is 0 Å². The summed E-state index contributed by atoms with van der Waals surface area (Å²) in [5.41, 5.74) is 0.855. The van der Waals surface area contributed by atoms with Crippen molar-refractivity contribution in [3.05, 3.63) is 35.8 Å². The summed E-state index contributed by atoms with van der Waals surface area (Å²) in [7, 11) is 0. The summed E-state index contributed by atoms with van der Waals surface area (Å²) in [5.74, 6) is 0.327. The van der Waals surface area contributed by atoms with Gasteiger partial charge in [0, 0.05) is 19.7 Å². The molecule has 0 aromatic carbocycles. The highest BCUT2D eigenvalue weighted by Crippen LogP contribution is 2.08. The van der Waals surface area contributed by atoms with Crippen LogP contribution in [0.4, 0.5) is 0 Å². The molecule has 2 aromatic rings. The van der Waals surface area contributed by atoms with Crippen LogP contribution in [-0.4, -0.2) is 20.5 Å². The molecular weight excluding hydrogens is 194 g/mol. The van der Waals surface area contributed by atoms with Gasteiger partial charge in [0.1, 0.15) is 12.0 Å². The fourth-order valence-electron chi connectivity index (χ4n) is 1.27. The molecule has 0 fully saturated rings. The van der Waals surface area contributed by atoms with Crippen molar-refractivity contribution in [1.29, 1.82) is 0 Å². The Labute approximate surface area is 86.7 Å². The number of carbonyl (C=O) groups excluding carboxylic acids is 1. The molecule has 0 unspecified atom stereocenters. The van der Waals surface area contributed by atoms with Crippen LogP contribution in [0.1, 0.15) is 28.9 Å².